The van der Waals surface area contributed by atoms with Crippen LogP contribution < -0.4 is 11.5 Å². The molecule has 0 amide bonds. The van der Waals surface area contributed by atoms with Gasteiger partial charge in [-0.2, -0.15) is 0 Å². The van der Waals surface area contributed by atoms with E-state index in [2.05, 4.69) is 9.47 Å². The van der Waals surface area contributed by atoms with Crippen molar-refractivity contribution >= 4 is 17.9 Å². The molecule has 0 bridgehead atoms. The predicted octanol–water partition coefficient (Wildman–Crippen LogP) is -0.521. The summed E-state index contributed by atoms with van der Waals surface area (Å²) in [6, 6.07) is -2.38. The molecular formula is C13H24N2O6. The molecule has 0 aromatic heterocycles. The van der Waals surface area contributed by atoms with Gasteiger partial charge in [0.05, 0.1) is 25.7 Å². The number of esters is 3. The van der Waals surface area contributed by atoms with Gasteiger partial charge in [0.25, 0.3) is 0 Å². The molecule has 4 N–H and O–H groups in total. The molecule has 8 heteroatoms. The highest BCUT2D eigenvalue weighted by molar-refractivity contribution is 5.92. The predicted molar refractivity (Wildman–Crippen MR) is 74.0 cm³/mol. The van der Waals surface area contributed by atoms with Gasteiger partial charge in [-0.15, -0.1) is 0 Å². The maximum atomic E-state index is 11.6. The van der Waals surface area contributed by atoms with E-state index in [0.29, 0.717) is 0 Å². The Morgan fingerprint density at radius 1 is 1.10 bits per heavy atom. The van der Waals surface area contributed by atoms with Gasteiger partial charge in [0.1, 0.15) is 12.1 Å². The first-order valence-electron chi connectivity index (χ1n) is 6.60. The molecular weight excluding hydrogens is 280 g/mol. The van der Waals surface area contributed by atoms with Crippen molar-refractivity contribution in [3.05, 3.63) is 0 Å². The summed E-state index contributed by atoms with van der Waals surface area (Å²) in [5, 5.41) is 0. The van der Waals surface area contributed by atoms with Gasteiger partial charge in [-0.3, -0.25) is 4.79 Å². The van der Waals surface area contributed by atoms with Crippen LogP contribution in [0.3, 0.4) is 0 Å². The molecule has 0 unspecified atom stereocenters. The number of methoxy groups -OCH3 is 1. The summed E-state index contributed by atoms with van der Waals surface area (Å²) in [4.78, 5) is 34.0. The molecule has 0 heterocycles. The Morgan fingerprint density at radius 3 is 2.10 bits per heavy atom. The molecule has 0 spiro atoms. The van der Waals surface area contributed by atoms with E-state index in [9.17, 15) is 14.4 Å². The quantitative estimate of drug-likeness (QED) is 0.452. The van der Waals surface area contributed by atoms with E-state index in [4.69, 9.17) is 16.2 Å². The Bertz CT molecular complexity index is 383. The molecule has 0 radical (unpaired) electrons. The fraction of sp³-hybridized carbons (Fsp3) is 0.769. The van der Waals surface area contributed by atoms with E-state index < -0.39 is 35.6 Å². The second-order valence-corrected chi connectivity index (χ2v) is 5.16. The second kappa shape index (κ2) is 8.71. The summed E-state index contributed by atoms with van der Waals surface area (Å²) in [5.74, 6) is -2.66. The average Bonchev–Trinajstić information content (AvgIpc) is 2.44. The molecule has 0 aromatic rings. The topological polar surface area (TPSA) is 131 Å². The highest BCUT2D eigenvalue weighted by atomic mass is 16.6. The van der Waals surface area contributed by atoms with Gasteiger partial charge in [-0.05, 0) is 20.3 Å². The molecule has 0 saturated heterocycles. The number of carbonyl (C=O) groups is 3. The maximum absolute atomic E-state index is 11.6. The minimum Gasteiger partial charge on any atom is -0.469 e. The first-order chi connectivity index (χ1) is 9.62. The first kappa shape index (κ1) is 19.5. The number of hydrogen-bond donors (Lipinski definition) is 2. The van der Waals surface area contributed by atoms with Gasteiger partial charge in [-0.25, -0.2) is 9.59 Å². The molecule has 0 saturated carbocycles. The third-order valence-corrected chi connectivity index (χ3v) is 2.93. The van der Waals surface area contributed by atoms with Gasteiger partial charge >= 0.3 is 17.9 Å². The molecule has 0 aliphatic rings. The first-order valence-corrected chi connectivity index (χ1v) is 6.60. The molecule has 8 nitrogen and oxygen atoms in total. The van der Waals surface area contributed by atoms with Gasteiger partial charge in [0.15, 0.2) is 0 Å². The molecule has 21 heavy (non-hydrogen) atoms. The zero-order chi connectivity index (χ0) is 16.6. The van der Waals surface area contributed by atoms with Crippen LogP contribution in [-0.4, -0.2) is 49.3 Å². The lowest BCUT2D eigenvalue weighted by Crippen LogP contribution is -2.43. The monoisotopic (exact) mass is 304 g/mol. The zero-order valence-corrected chi connectivity index (χ0v) is 12.9. The largest absolute Gasteiger partial charge is 0.469 e. The van der Waals surface area contributed by atoms with Crippen LogP contribution in [0.2, 0.25) is 0 Å². The van der Waals surface area contributed by atoms with Crippen LogP contribution in [0.5, 0.6) is 0 Å². The minimum atomic E-state index is -1.28. The van der Waals surface area contributed by atoms with Crippen molar-refractivity contribution in [2.75, 3.05) is 13.7 Å². The van der Waals surface area contributed by atoms with Crippen LogP contribution in [-0.2, 0) is 28.6 Å². The summed E-state index contributed by atoms with van der Waals surface area (Å²) in [5.41, 5.74) is 10.6. The fourth-order valence-electron chi connectivity index (χ4n) is 1.08. The summed E-state index contributed by atoms with van der Waals surface area (Å²) in [7, 11) is 1.16. The Kier molecular flexibility index (Phi) is 8.08. The van der Waals surface area contributed by atoms with E-state index in [1.165, 1.54) is 0 Å². The molecule has 122 valence electrons. The molecule has 0 aromatic carbocycles. The lowest BCUT2D eigenvalue weighted by Gasteiger charge is -2.25. The van der Waals surface area contributed by atoms with Crippen LogP contribution in [0.1, 0.15) is 33.6 Å². The van der Waals surface area contributed by atoms with Gasteiger partial charge < -0.3 is 25.7 Å². The average molecular weight is 304 g/mol. The number of hydrogen-bond acceptors (Lipinski definition) is 8. The van der Waals surface area contributed by atoms with Crippen LogP contribution >= 0.6 is 0 Å². The summed E-state index contributed by atoms with van der Waals surface area (Å²) in [6.07, 6.45) is 0.356. The van der Waals surface area contributed by atoms with Gasteiger partial charge in [0, 0.05) is 0 Å². The van der Waals surface area contributed by atoms with E-state index in [1.54, 1.807) is 0 Å². The SMILES string of the molecule is CCC(C)(C)OC[C@H](N)C(=O)OC(=O)[C@@H](N)CC(=O)OC. The van der Waals surface area contributed by atoms with E-state index in [-0.39, 0.29) is 13.0 Å². The van der Waals surface area contributed by atoms with Gasteiger partial charge in [-0.1, -0.05) is 6.92 Å². The smallest absolute Gasteiger partial charge is 0.333 e. The number of rotatable bonds is 8. The van der Waals surface area contributed by atoms with Crippen LogP contribution in [0.25, 0.3) is 0 Å². The third-order valence-electron chi connectivity index (χ3n) is 2.93. The van der Waals surface area contributed by atoms with Crippen LogP contribution in [0.4, 0.5) is 0 Å². The summed E-state index contributed by atoms with van der Waals surface area (Å²) in [6.45, 7) is 5.54. The van der Waals surface area contributed by atoms with Crippen molar-refractivity contribution in [1.29, 1.82) is 0 Å². The van der Waals surface area contributed by atoms with E-state index in [1.807, 2.05) is 20.8 Å². The maximum Gasteiger partial charge on any atom is 0.333 e. The molecule has 0 aliphatic heterocycles. The highest BCUT2D eigenvalue weighted by Gasteiger charge is 2.26. The van der Waals surface area contributed by atoms with Crippen molar-refractivity contribution in [1.82, 2.24) is 0 Å². The molecule has 2 atom stereocenters. The summed E-state index contributed by atoms with van der Waals surface area (Å²) < 4.78 is 14.3. The fourth-order valence-corrected chi connectivity index (χ4v) is 1.08. The van der Waals surface area contributed by atoms with E-state index >= 15 is 0 Å². The number of nitrogens with two attached hydrogens (primary N) is 2. The van der Waals surface area contributed by atoms with Crippen molar-refractivity contribution in [3.63, 3.8) is 0 Å². The van der Waals surface area contributed by atoms with Crippen LogP contribution in [0.15, 0.2) is 0 Å². The Morgan fingerprint density at radius 2 is 1.62 bits per heavy atom. The van der Waals surface area contributed by atoms with Crippen molar-refractivity contribution < 1.29 is 28.6 Å². The van der Waals surface area contributed by atoms with Crippen LogP contribution in [0, 0.1) is 0 Å². The summed E-state index contributed by atoms with van der Waals surface area (Å²) >= 11 is 0. The lowest BCUT2D eigenvalue weighted by atomic mass is 10.1. The van der Waals surface area contributed by atoms with Gasteiger partial charge in [0.2, 0.25) is 0 Å². The number of ether oxygens (including phenoxy) is 3. The Hall–Kier alpha value is -1.51. The number of carbonyl (C=O) groups excluding carboxylic acids is 3. The van der Waals surface area contributed by atoms with Crippen molar-refractivity contribution in [2.45, 2.75) is 51.3 Å². The van der Waals surface area contributed by atoms with Crippen molar-refractivity contribution in [3.8, 4) is 0 Å². The molecule has 0 fully saturated rings. The second-order valence-electron chi connectivity index (χ2n) is 5.16. The Labute approximate surface area is 124 Å². The lowest BCUT2D eigenvalue weighted by molar-refractivity contribution is -0.164. The standard InChI is InChI=1S/C13H24N2O6/c1-5-13(2,3)20-7-9(15)12(18)21-11(17)8(14)6-10(16)19-4/h8-9H,5-7,14-15H2,1-4H3/t8-,9-/m0/s1. The van der Waals surface area contributed by atoms with Crippen molar-refractivity contribution in [2.24, 2.45) is 11.5 Å². The zero-order valence-electron chi connectivity index (χ0n) is 12.9. The minimum absolute atomic E-state index is 0.0841. The highest BCUT2D eigenvalue weighted by Crippen LogP contribution is 2.13. The normalized spacial score (nSPS) is 14.2. The molecule has 0 rings (SSSR count). The van der Waals surface area contributed by atoms with E-state index in [0.717, 1.165) is 13.5 Å². The third kappa shape index (κ3) is 7.74. The molecule has 0 aliphatic carbocycles. The Balaban J connectivity index is 4.28.